The molecule has 0 bridgehead atoms. The first-order valence-electron chi connectivity index (χ1n) is 6.85. The number of benzene rings is 2. The molecule has 0 radical (unpaired) electrons. The average Bonchev–Trinajstić information content (AvgIpc) is 2.83. The lowest BCUT2D eigenvalue weighted by molar-refractivity contribution is -0.385. The molecule has 1 atom stereocenters. The number of nitro benzene ring substituents is 1. The molecule has 3 rings (SSSR count). The van der Waals surface area contributed by atoms with Gasteiger partial charge < -0.3 is 5.32 Å². The molecule has 1 unspecified atom stereocenters. The van der Waals surface area contributed by atoms with Crippen LogP contribution in [0.25, 0.3) is 0 Å². The first kappa shape index (κ1) is 14.1. The number of nitro groups is 1. The number of rotatable bonds is 3. The highest BCUT2D eigenvalue weighted by Gasteiger charge is 2.24. The van der Waals surface area contributed by atoms with Crippen LogP contribution in [0.15, 0.2) is 40.9 Å². The van der Waals surface area contributed by atoms with Gasteiger partial charge in [0.1, 0.15) is 0 Å². The van der Waals surface area contributed by atoms with Crippen molar-refractivity contribution in [2.24, 2.45) is 0 Å². The Morgan fingerprint density at radius 3 is 2.90 bits per heavy atom. The van der Waals surface area contributed by atoms with Crippen LogP contribution < -0.4 is 5.32 Å². The standard InChI is InChI=1S/C16H15BrN2O2/c1-10-14(3-2-4-16(10)19(20)21)18-15-8-5-11-9-12(17)6-7-13(11)15/h2-4,6-7,9,15,18H,5,8H2,1H3. The lowest BCUT2D eigenvalue weighted by Gasteiger charge is -2.17. The molecule has 1 aliphatic carbocycles. The minimum Gasteiger partial charge on any atom is -0.378 e. The molecule has 108 valence electrons. The van der Waals surface area contributed by atoms with E-state index in [2.05, 4.69) is 33.4 Å². The summed E-state index contributed by atoms with van der Waals surface area (Å²) in [6, 6.07) is 11.7. The smallest absolute Gasteiger partial charge is 0.274 e. The van der Waals surface area contributed by atoms with Gasteiger partial charge in [-0.15, -0.1) is 0 Å². The second-order valence-corrected chi connectivity index (χ2v) is 6.20. The molecule has 2 aromatic carbocycles. The van der Waals surface area contributed by atoms with Gasteiger partial charge in [-0.1, -0.05) is 28.1 Å². The topological polar surface area (TPSA) is 55.2 Å². The number of nitrogens with zero attached hydrogens (tertiary/aromatic N) is 1. The number of anilines is 1. The highest BCUT2D eigenvalue weighted by molar-refractivity contribution is 9.10. The summed E-state index contributed by atoms with van der Waals surface area (Å²) < 4.78 is 1.09. The predicted octanol–water partition coefficient (Wildman–Crippen LogP) is 4.77. The van der Waals surface area contributed by atoms with Crippen molar-refractivity contribution < 1.29 is 4.92 Å². The van der Waals surface area contributed by atoms with Crippen LogP contribution in [0.2, 0.25) is 0 Å². The predicted molar refractivity (Wildman–Crippen MR) is 86.7 cm³/mol. The van der Waals surface area contributed by atoms with Gasteiger partial charge in [0, 0.05) is 21.8 Å². The number of aryl methyl sites for hydroxylation is 1. The van der Waals surface area contributed by atoms with Crippen molar-refractivity contribution >= 4 is 27.3 Å². The first-order valence-corrected chi connectivity index (χ1v) is 7.64. The second kappa shape index (κ2) is 5.48. The van der Waals surface area contributed by atoms with E-state index in [1.807, 2.05) is 12.1 Å². The summed E-state index contributed by atoms with van der Waals surface area (Å²) in [6.07, 6.45) is 2.04. The number of fused-ring (bicyclic) bond motifs is 1. The quantitative estimate of drug-likeness (QED) is 0.643. The summed E-state index contributed by atoms with van der Waals surface area (Å²) in [4.78, 5) is 10.7. The Morgan fingerprint density at radius 1 is 1.33 bits per heavy atom. The average molecular weight is 347 g/mol. The van der Waals surface area contributed by atoms with E-state index in [9.17, 15) is 10.1 Å². The van der Waals surface area contributed by atoms with E-state index >= 15 is 0 Å². The summed E-state index contributed by atoms with van der Waals surface area (Å²) in [6.45, 7) is 1.79. The Bertz CT molecular complexity index is 715. The van der Waals surface area contributed by atoms with Crippen LogP contribution in [0, 0.1) is 17.0 Å². The van der Waals surface area contributed by atoms with Crippen molar-refractivity contribution in [2.45, 2.75) is 25.8 Å². The third kappa shape index (κ3) is 2.65. The van der Waals surface area contributed by atoms with Crippen molar-refractivity contribution in [3.05, 3.63) is 67.7 Å². The van der Waals surface area contributed by atoms with E-state index in [1.165, 1.54) is 11.1 Å². The molecule has 1 aliphatic rings. The van der Waals surface area contributed by atoms with Crippen molar-refractivity contribution in [3.63, 3.8) is 0 Å². The molecule has 0 fully saturated rings. The van der Waals surface area contributed by atoms with Crippen molar-refractivity contribution in [2.75, 3.05) is 5.32 Å². The molecule has 21 heavy (non-hydrogen) atoms. The SMILES string of the molecule is Cc1c(NC2CCc3cc(Br)ccc32)cccc1[N+](=O)[O-]. The maximum absolute atomic E-state index is 11.0. The fourth-order valence-electron chi connectivity index (χ4n) is 2.90. The van der Waals surface area contributed by atoms with Crippen LogP contribution in [0.5, 0.6) is 0 Å². The Kier molecular flexibility index (Phi) is 3.68. The van der Waals surface area contributed by atoms with E-state index in [4.69, 9.17) is 0 Å². The zero-order valence-electron chi connectivity index (χ0n) is 11.6. The van der Waals surface area contributed by atoms with Crippen LogP contribution in [-0.4, -0.2) is 4.92 Å². The van der Waals surface area contributed by atoms with Gasteiger partial charge in [-0.25, -0.2) is 0 Å². The van der Waals surface area contributed by atoms with Gasteiger partial charge >= 0.3 is 0 Å². The molecule has 1 N–H and O–H groups in total. The number of hydrogen-bond acceptors (Lipinski definition) is 3. The maximum Gasteiger partial charge on any atom is 0.274 e. The Balaban J connectivity index is 1.90. The molecule has 2 aromatic rings. The van der Waals surface area contributed by atoms with Gasteiger partial charge in [0.2, 0.25) is 0 Å². The molecule has 0 heterocycles. The third-order valence-electron chi connectivity index (χ3n) is 4.01. The Labute approximate surface area is 131 Å². The third-order valence-corrected chi connectivity index (χ3v) is 4.51. The summed E-state index contributed by atoms with van der Waals surface area (Å²) in [7, 11) is 0. The van der Waals surface area contributed by atoms with E-state index in [1.54, 1.807) is 19.1 Å². The Hall–Kier alpha value is -1.88. The van der Waals surface area contributed by atoms with Gasteiger partial charge in [0.15, 0.2) is 0 Å². The highest BCUT2D eigenvalue weighted by atomic mass is 79.9. The lowest BCUT2D eigenvalue weighted by atomic mass is 10.1. The maximum atomic E-state index is 11.0. The van der Waals surface area contributed by atoms with Crippen molar-refractivity contribution in [1.29, 1.82) is 0 Å². The summed E-state index contributed by atoms with van der Waals surface area (Å²) in [5.41, 5.74) is 4.31. The Morgan fingerprint density at radius 2 is 2.14 bits per heavy atom. The molecule has 5 heteroatoms. The molecule has 0 spiro atoms. The summed E-state index contributed by atoms with van der Waals surface area (Å²) in [5.74, 6) is 0. The van der Waals surface area contributed by atoms with E-state index < -0.39 is 0 Å². The monoisotopic (exact) mass is 346 g/mol. The summed E-state index contributed by atoms with van der Waals surface area (Å²) >= 11 is 3.49. The van der Waals surface area contributed by atoms with Crippen molar-refractivity contribution in [3.8, 4) is 0 Å². The van der Waals surface area contributed by atoms with Gasteiger partial charge in [0.25, 0.3) is 5.69 Å². The summed E-state index contributed by atoms with van der Waals surface area (Å²) in [5, 5.41) is 14.5. The van der Waals surface area contributed by atoms with E-state index in [0.29, 0.717) is 5.56 Å². The van der Waals surface area contributed by atoms with Crippen molar-refractivity contribution in [1.82, 2.24) is 0 Å². The number of nitrogens with one attached hydrogen (secondary N) is 1. The van der Waals surface area contributed by atoms with Gasteiger partial charge in [-0.3, -0.25) is 10.1 Å². The van der Waals surface area contributed by atoms with Crippen LogP contribution in [-0.2, 0) is 6.42 Å². The molecular formula is C16H15BrN2O2. The lowest BCUT2D eigenvalue weighted by Crippen LogP contribution is -2.08. The zero-order valence-corrected chi connectivity index (χ0v) is 13.2. The van der Waals surface area contributed by atoms with E-state index in [0.717, 1.165) is 23.0 Å². The fraction of sp³-hybridized carbons (Fsp3) is 0.250. The van der Waals surface area contributed by atoms with Gasteiger partial charge in [-0.2, -0.15) is 0 Å². The zero-order chi connectivity index (χ0) is 15.0. The number of halogens is 1. The minimum absolute atomic E-state index is 0.161. The van der Waals surface area contributed by atoms with Crippen LogP contribution in [0.4, 0.5) is 11.4 Å². The van der Waals surface area contributed by atoms with Crippen LogP contribution in [0.3, 0.4) is 0 Å². The van der Waals surface area contributed by atoms with Gasteiger partial charge in [0.05, 0.1) is 11.0 Å². The molecule has 0 amide bonds. The second-order valence-electron chi connectivity index (χ2n) is 5.29. The molecular weight excluding hydrogens is 332 g/mol. The van der Waals surface area contributed by atoms with Crippen LogP contribution in [0.1, 0.15) is 29.2 Å². The minimum atomic E-state index is -0.333. The van der Waals surface area contributed by atoms with Crippen LogP contribution >= 0.6 is 15.9 Å². The van der Waals surface area contributed by atoms with E-state index in [-0.39, 0.29) is 16.7 Å². The van der Waals surface area contributed by atoms with Gasteiger partial charge in [-0.05, 0) is 49.1 Å². The molecule has 0 saturated heterocycles. The first-order chi connectivity index (χ1) is 10.1. The molecule has 0 saturated carbocycles. The molecule has 0 aliphatic heterocycles. The normalized spacial score (nSPS) is 16.6. The molecule has 0 aromatic heterocycles. The largest absolute Gasteiger partial charge is 0.378 e. The fourth-order valence-corrected chi connectivity index (χ4v) is 3.31. The molecule has 4 nitrogen and oxygen atoms in total. The highest BCUT2D eigenvalue weighted by Crippen LogP contribution is 2.37. The number of hydrogen-bond donors (Lipinski definition) is 1.